The smallest absolute Gasteiger partial charge is 0.0462 e. The normalized spacial score (nSPS) is 10.7. The van der Waals surface area contributed by atoms with E-state index in [1.807, 2.05) is 12.2 Å². The molecule has 0 atom stereocenters. The van der Waals surface area contributed by atoms with Gasteiger partial charge in [-0.15, -0.1) is 13.2 Å². The highest BCUT2D eigenvalue weighted by molar-refractivity contribution is 5.81. The molecule has 0 unspecified atom stereocenters. The second-order valence-corrected chi connectivity index (χ2v) is 11.8. The molecule has 0 spiro atoms. The molecule has 6 rings (SSSR count). The largest absolute Gasteiger partial charge is 0.311 e. The van der Waals surface area contributed by atoms with Gasteiger partial charge in [0.05, 0.1) is 0 Å². The van der Waals surface area contributed by atoms with Gasteiger partial charge in [0, 0.05) is 34.1 Å². The maximum absolute atomic E-state index is 3.89. The van der Waals surface area contributed by atoms with E-state index < -0.39 is 0 Å². The summed E-state index contributed by atoms with van der Waals surface area (Å²) in [5.74, 6) is 0. The SMILES string of the molecule is C=CCc1ccc(N(c2ccc(C)cc2)c2ccc(-c3ccc(N(c4ccc(C)cc4)c4ccc(CC=C)cc4)cc3)cc2)cc1. The number of allylic oxidation sites excluding steroid dienone is 2. The molecule has 0 N–H and O–H groups in total. The van der Waals surface area contributed by atoms with Crippen LogP contribution in [0.25, 0.3) is 11.1 Å². The molecule has 0 saturated carbocycles. The highest BCUT2D eigenvalue weighted by Crippen LogP contribution is 2.38. The predicted molar refractivity (Wildman–Crippen MR) is 199 cm³/mol. The van der Waals surface area contributed by atoms with Crippen molar-refractivity contribution in [3.63, 3.8) is 0 Å². The number of nitrogens with zero attached hydrogens (tertiary/aromatic N) is 2. The molecule has 226 valence electrons. The van der Waals surface area contributed by atoms with Crippen molar-refractivity contribution in [1.82, 2.24) is 0 Å². The molecule has 6 aromatic carbocycles. The molecule has 0 aliphatic rings. The van der Waals surface area contributed by atoms with Crippen molar-refractivity contribution in [2.45, 2.75) is 26.7 Å². The first-order valence-corrected chi connectivity index (χ1v) is 15.9. The maximum atomic E-state index is 3.89. The van der Waals surface area contributed by atoms with Crippen molar-refractivity contribution in [2.75, 3.05) is 9.80 Å². The van der Waals surface area contributed by atoms with Crippen LogP contribution < -0.4 is 9.80 Å². The first kappa shape index (κ1) is 30.4. The average Bonchev–Trinajstić information content (AvgIpc) is 3.09. The molecule has 0 fully saturated rings. The Morgan fingerprint density at radius 1 is 0.370 bits per heavy atom. The molecular formula is C44H40N2. The van der Waals surface area contributed by atoms with E-state index in [1.54, 1.807) is 0 Å². The van der Waals surface area contributed by atoms with Crippen molar-refractivity contribution in [3.8, 4) is 11.1 Å². The molecule has 6 aromatic rings. The summed E-state index contributed by atoms with van der Waals surface area (Å²) in [5.41, 5.74) is 14.1. The van der Waals surface area contributed by atoms with E-state index in [2.05, 4.69) is 182 Å². The first-order chi connectivity index (χ1) is 22.5. The van der Waals surface area contributed by atoms with Crippen LogP contribution >= 0.6 is 0 Å². The van der Waals surface area contributed by atoms with Crippen LogP contribution in [-0.4, -0.2) is 0 Å². The van der Waals surface area contributed by atoms with E-state index in [0.29, 0.717) is 0 Å². The van der Waals surface area contributed by atoms with Crippen LogP contribution in [0.2, 0.25) is 0 Å². The summed E-state index contributed by atoms with van der Waals surface area (Å²) in [6.07, 6.45) is 5.62. The minimum Gasteiger partial charge on any atom is -0.311 e. The van der Waals surface area contributed by atoms with Gasteiger partial charge in [0.2, 0.25) is 0 Å². The van der Waals surface area contributed by atoms with Crippen LogP contribution in [0.1, 0.15) is 22.3 Å². The summed E-state index contributed by atoms with van der Waals surface area (Å²) < 4.78 is 0. The Morgan fingerprint density at radius 2 is 0.609 bits per heavy atom. The van der Waals surface area contributed by atoms with Gasteiger partial charge in [0.25, 0.3) is 0 Å². The van der Waals surface area contributed by atoms with Crippen molar-refractivity contribution < 1.29 is 0 Å². The zero-order chi connectivity index (χ0) is 31.9. The third-order valence-electron chi connectivity index (χ3n) is 8.32. The van der Waals surface area contributed by atoms with Crippen molar-refractivity contribution in [3.05, 3.63) is 193 Å². The lowest BCUT2D eigenvalue weighted by molar-refractivity contribution is 1.24. The van der Waals surface area contributed by atoms with Crippen LogP contribution in [0, 0.1) is 13.8 Å². The zero-order valence-corrected chi connectivity index (χ0v) is 26.7. The fourth-order valence-electron chi connectivity index (χ4n) is 5.78. The summed E-state index contributed by atoms with van der Waals surface area (Å²) in [4.78, 5) is 4.62. The highest BCUT2D eigenvalue weighted by Gasteiger charge is 2.15. The van der Waals surface area contributed by atoms with Crippen molar-refractivity contribution in [1.29, 1.82) is 0 Å². The van der Waals surface area contributed by atoms with Crippen LogP contribution in [0.5, 0.6) is 0 Å². The van der Waals surface area contributed by atoms with E-state index in [1.165, 1.54) is 33.4 Å². The van der Waals surface area contributed by atoms with E-state index in [-0.39, 0.29) is 0 Å². The Bertz CT molecular complexity index is 1740. The van der Waals surface area contributed by atoms with Gasteiger partial charge in [0.1, 0.15) is 0 Å². The van der Waals surface area contributed by atoms with Gasteiger partial charge in [0.15, 0.2) is 0 Å². The lowest BCUT2D eigenvalue weighted by Gasteiger charge is -2.26. The van der Waals surface area contributed by atoms with Gasteiger partial charge in [-0.1, -0.05) is 96.1 Å². The summed E-state index contributed by atoms with van der Waals surface area (Å²) in [7, 11) is 0. The van der Waals surface area contributed by atoms with Gasteiger partial charge < -0.3 is 9.80 Å². The minimum absolute atomic E-state index is 0.864. The van der Waals surface area contributed by atoms with Crippen molar-refractivity contribution >= 4 is 34.1 Å². The van der Waals surface area contributed by atoms with Gasteiger partial charge in [-0.3, -0.25) is 0 Å². The summed E-state index contributed by atoms with van der Waals surface area (Å²) in [6, 6.07) is 52.6. The average molecular weight is 597 g/mol. The van der Waals surface area contributed by atoms with Gasteiger partial charge in [-0.2, -0.15) is 0 Å². The van der Waals surface area contributed by atoms with Gasteiger partial charge in [-0.05, 0) is 122 Å². The lowest BCUT2D eigenvalue weighted by Crippen LogP contribution is -2.10. The molecule has 0 saturated heterocycles. The van der Waals surface area contributed by atoms with E-state index in [9.17, 15) is 0 Å². The Balaban J connectivity index is 1.30. The second kappa shape index (κ2) is 14.0. The lowest BCUT2D eigenvalue weighted by atomic mass is 10.0. The zero-order valence-electron chi connectivity index (χ0n) is 26.7. The highest BCUT2D eigenvalue weighted by atomic mass is 15.1. The second-order valence-electron chi connectivity index (χ2n) is 11.8. The number of aryl methyl sites for hydroxylation is 2. The fourth-order valence-corrected chi connectivity index (χ4v) is 5.78. The van der Waals surface area contributed by atoms with Crippen LogP contribution in [-0.2, 0) is 12.8 Å². The predicted octanol–water partition coefficient (Wildman–Crippen LogP) is 12.4. The summed E-state index contributed by atoms with van der Waals surface area (Å²) in [6.45, 7) is 12.0. The van der Waals surface area contributed by atoms with Crippen molar-refractivity contribution in [2.24, 2.45) is 0 Å². The monoisotopic (exact) mass is 596 g/mol. The van der Waals surface area contributed by atoms with Crippen LogP contribution in [0.3, 0.4) is 0 Å². The van der Waals surface area contributed by atoms with E-state index in [0.717, 1.165) is 47.0 Å². The number of rotatable bonds is 11. The number of anilines is 6. The Morgan fingerprint density at radius 3 is 0.870 bits per heavy atom. The standard InChI is InChI=1S/C44H40N2/c1-5-7-35-13-25-41(26-14-35)45(39-21-9-33(3)10-22-39)43-29-17-37(18-30-43)38-19-31-44(32-20-38)46(40-23-11-34(4)12-24-40)42-27-15-36(8-6-2)16-28-42/h5-6,9-32H,1-2,7-8H2,3-4H3. The molecule has 2 heteroatoms. The molecule has 0 amide bonds. The quantitative estimate of drug-likeness (QED) is 0.137. The topological polar surface area (TPSA) is 6.48 Å². The first-order valence-electron chi connectivity index (χ1n) is 15.9. The molecule has 0 bridgehead atoms. The summed E-state index contributed by atoms with van der Waals surface area (Å²) in [5, 5.41) is 0. The fraction of sp³-hybridized carbons (Fsp3) is 0.0909. The molecule has 46 heavy (non-hydrogen) atoms. The molecular weight excluding hydrogens is 556 g/mol. The molecule has 0 radical (unpaired) electrons. The maximum Gasteiger partial charge on any atom is 0.0462 e. The number of hydrogen-bond donors (Lipinski definition) is 0. The molecule has 0 aliphatic carbocycles. The van der Waals surface area contributed by atoms with E-state index in [4.69, 9.17) is 0 Å². The third-order valence-corrected chi connectivity index (χ3v) is 8.32. The Hall–Kier alpha value is -5.60. The minimum atomic E-state index is 0.864. The Labute approximate surface area is 274 Å². The summed E-state index contributed by atoms with van der Waals surface area (Å²) >= 11 is 0. The van der Waals surface area contributed by atoms with Crippen LogP contribution in [0.4, 0.5) is 34.1 Å². The molecule has 2 nitrogen and oxygen atoms in total. The van der Waals surface area contributed by atoms with Gasteiger partial charge in [-0.25, -0.2) is 0 Å². The molecule has 0 heterocycles. The third kappa shape index (κ3) is 6.87. The van der Waals surface area contributed by atoms with E-state index >= 15 is 0 Å². The molecule has 0 aliphatic heterocycles. The number of hydrogen-bond acceptors (Lipinski definition) is 2. The Kier molecular flexibility index (Phi) is 9.27. The molecule has 0 aromatic heterocycles. The number of benzene rings is 6. The van der Waals surface area contributed by atoms with Gasteiger partial charge >= 0.3 is 0 Å². The van der Waals surface area contributed by atoms with Crippen LogP contribution in [0.15, 0.2) is 171 Å².